The molecule has 2 aliphatic heterocycles. The maximum Gasteiger partial charge on any atom is 0.260 e. The summed E-state index contributed by atoms with van der Waals surface area (Å²) in [6.07, 6.45) is 1.24. The number of nitrogen functional groups attached to an aromatic ring is 1. The van der Waals surface area contributed by atoms with Crippen molar-refractivity contribution in [1.82, 2.24) is 20.6 Å². The van der Waals surface area contributed by atoms with Crippen LogP contribution < -0.4 is 21.1 Å². The third-order valence-corrected chi connectivity index (χ3v) is 4.26. The maximum absolute atomic E-state index is 12.0. The number of ether oxygens (including phenoxy) is 1. The fourth-order valence-corrected chi connectivity index (χ4v) is 3.07. The molecule has 0 bridgehead atoms. The van der Waals surface area contributed by atoms with Crippen LogP contribution in [0.1, 0.15) is 37.7 Å². The number of aromatic nitrogens is 2. The van der Waals surface area contributed by atoms with Crippen molar-refractivity contribution in [3.63, 3.8) is 0 Å². The number of benzene rings is 1. The molecule has 1 aromatic heterocycles. The number of nitrogens with one attached hydrogen (secondary N) is 2. The fraction of sp³-hybridized carbons (Fsp3) is 0.294. The van der Waals surface area contributed by atoms with Crippen molar-refractivity contribution in [2.75, 3.05) is 25.4 Å². The molecule has 128 valence electrons. The van der Waals surface area contributed by atoms with Crippen molar-refractivity contribution in [1.29, 1.82) is 0 Å². The first-order chi connectivity index (χ1) is 12.1. The van der Waals surface area contributed by atoms with Crippen LogP contribution in [-0.4, -0.2) is 41.5 Å². The minimum Gasteiger partial charge on any atom is -0.475 e. The van der Waals surface area contributed by atoms with E-state index in [-0.39, 0.29) is 29.1 Å². The Hall–Kier alpha value is -3.16. The third kappa shape index (κ3) is 2.86. The summed E-state index contributed by atoms with van der Waals surface area (Å²) in [5, 5.41) is 5.51. The van der Waals surface area contributed by atoms with Gasteiger partial charge in [0.05, 0.1) is 6.54 Å². The lowest BCUT2D eigenvalue weighted by atomic mass is 9.96. The Morgan fingerprint density at radius 2 is 1.96 bits per heavy atom. The standard InChI is InChI=1S/C17H17N5O3/c18-14-13-16(24)20-5-6-25-17(13)22-12(21-14)8-9-1-2-11-10(7-9)3-4-19-15(11)23/h1-2,7H,3-6,8H2,(H,19,23)(H,20,24)(H2,18,21,22). The number of nitrogens with two attached hydrogens (primary N) is 1. The van der Waals surface area contributed by atoms with Crippen LogP contribution in [0.4, 0.5) is 5.82 Å². The summed E-state index contributed by atoms with van der Waals surface area (Å²) >= 11 is 0. The van der Waals surface area contributed by atoms with E-state index in [0.29, 0.717) is 37.5 Å². The van der Waals surface area contributed by atoms with Gasteiger partial charge in [-0.3, -0.25) is 9.59 Å². The van der Waals surface area contributed by atoms with Gasteiger partial charge in [0.1, 0.15) is 23.8 Å². The van der Waals surface area contributed by atoms with Crippen LogP contribution in [-0.2, 0) is 12.8 Å². The van der Waals surface area contributed by atoms with Crippen molar-refractivity contribution < 1.29 is 14.3 Å². The van der Waals surface area contributed by atoms with Gasteiger partial charge < -0.3 is 21.1 Å². The average Bonchev–Trinajstić information content (AvgIpc) is 2.77. The molecule has 0 atom stereocenters. The van der Waals surface area contributed by atoms with Crippen LogP contribution >= 0.6 is 0 Å². The van der Waals surface area contributed by atoms with E-state index < -0.39 is 0 Å². The van der Waals surface area contributed by atoms with Crippen LogP contribution in [0.5, 0.6) is 5.88 Å². The van der Waals surface area contributed by atoms with Gasteiger partial charge in [0, 0.05) is 18.5 Å². The number of rotatable bonds is 2. The zero-order valence-electron chi connectivity index (χ0n) is 13.5. The number of amides is 2. The molecule has 8 heteroatoms. The second kappa shape index (κ2) is 6.04. The Balaban J connectivity index is 1.65. The van der Waals surface area contributed by atoms with Crippen molar-refractivity contribution in [3.05, 3.63) is 46.3 Å². The Bertz CT molecular complexity index is 881. The number of carbonyl (C=O) groups excluding carboxylic acids is 2. The molecule has 0 fully saturated rings. The van der Waals surface area contributed by atoms with Gasteiger partial charge in [0.2, 0.25) is 5.88 Å². The lowest BCUT2D eigenvalue weighted by Crippen LogP contribution is -2.31. The molecule has 4 N–H and O–H groups in total. The van der Waals surface area contributed by atoms with Crippen LogP contribution in [0, 0.1) is 0 Å². The monoisotopic (exact) mass is 339 g/mol. The minimum absolute atomic E-state index is 0.0438. The summed E-state index contributed by atoms with van der Waals surface area (Å²) in [4.78, 5) is 32.4. The van der Waals surface area contributed by atoms with E-state index in [0.717, 1.165) is 17.5 Å². The van der Waals surface area contributed by atoms with E-state index in [2.05, 4.69) is 20.6 Å². The Labute approximate surface area is 143 Å². The zero-order valence-corrected chi connectivity index (χ0v) is 13.5. The first-order valence-corrected chi connectivity index (χ1v) is 8.09. The first kappa shape index (κ1) is 15.4. The number of anilines is 1. The minimum atomic E-state index is -0.323. The quantitative estimate of drug-likeness (QED) is 0.712. The molecule has 0 saturated carbocycles. The fourth-order valence-electron chi connectivity index (χ4n) is 3.07. The Kier molecular flexibility index (Phi) is 3.72. The largest absolute Gasteiger partial charge is 0.475 e. The highest BCUT2D eigenvalue weighted by molar-refractivity contribution is 6.00. The number of fused-ring (bicyclic) bond motifs is 2. The predicted molar refractivity (Wildman–Crippen MR) is 89.6 cm³/mol. The van der Waals surface area contributed by atoms with E-state index >= 15 is 0 Å². The predicted octanol–water partition coefficient (Wildman–Crippen LogP) is 0.0577. The van der Waals surface area contributed by atoms with E-state index in [4.69, 9.17) is 10.5 Å². The molecular weight excluding hydrogens is 322 g/mol. The number of hydrogen-bond donors (Lipinski definition) is 3. The molecule has 0 spiro atoms. The smallest absolute Gasteiger partial charge is 0.260 e. The van der Waals surface area contributed by atoms with Crippen LogP contribution in [0.25, 0.3) is 0 Å². The van der Waals surface area contributed by atoms with Gasteiger partial charge in [-0.15, -0.1) is 0 Å². The topological polar surface area (TPSA) is 119 Å². The molecule has 0 saturated heterocycles. The van der Waals surface area contributed by atoms with Crippen LogP contribution in [0.3, 0.4) is 0 Å². The van der Waals surface area contributed by atoms with Crippen molar-refractivity contribution in [3.8, 4) is 5.88 Å². The molecule has 2 aliphatic rings. The van der Waals surface area contributed by atoms with Crippen molar-refractivity contribution >= 4 is 17.6 Å². The van der Waals surface area contributed by atoms with Crippen molar-refractivity contribution in [2.24, 2.45) is 0 Å². The molecule has 2 aromatic rings. The van der Waals surface area contributed by atoms with Gasteiger partial charge >= 0.3 is 0 Å². The number of hydrogen-bond acceptors (Lipinski definition) is 6. The molecule has 1 aromatic carbocycles. The summed E-state index contributed by atoms with van der Waals surface area (Å²) in [7, 11) is 0. The molecular formula is C17H17N5O3. The summed E-state index contributed by atoms with van der Waals surface area (Å²) in [5.41, 5.74) is 8.82. The molecule has 0 radical (unpaired) electrons. The van der Waals surface area contributed by atoms with Gasteiger partial charge in [-0.2, -0.15) is 4.98 Å². The molecule has 0 unspecified atom stereocenters. The van der Waals surface area contributed by atoms with E-state index in [1.54, 1.807) is 0 Å². The maximum atomic E-state index is 12.0. The number of nitrogens with zero attached hydrogens (tertiary/aromatic N) is 2. The van der Waals surface area contributed by atoms with Crippen LogP contribution in [0.2, 0.25) is 0 Å². The molecule has 3 heterocycles. The highest BCUT2D eigenvalue weighted by Crippen LogP contribution is 2.24. The van der Waals surface area contributed by atoms with Gasteiger partial charge in [0.25, 0.3) is 11.8 Å². The lowest BCUT2D eigenvalue weighted by molar-refractivity contribution is 0.0941. The second-order valence-electron chi connectivity index (χ2n) is 5.98. The normalized spacial score (nSPS) is 16.0. The second-order valence-corrected chi connectivity index (χ2v) is 5.98. The first-order valence-electron chi connectivity index (χ1n) is 8.09. The lowest BCUT2D eigenvalue weighted by Gasteiger charge is -2.17. The van der Waals surface area contributed by atoms with Gasteiger partial charge in [-0.05, 0) is 23.6 Å². The summed E-state index contributed by atoms with van der Waals surface area (Å²) in [6, 6.07) is 5.69. The molecule has 0 aliphatic carbocycles. The van der Waals surface area contributed by atoms with E-state index in [1.165, 1.54) is 0 Å². The third-order valence-electron chi connectivity index (χ3n) is 4.26. The summed E-state index contributed by atoms with van der Waals surface area (Å²) in [6.45, 7) is 1.37. The van der Waals surface area contributed by atoms with E-state index in [1.807, 2.05) is 18.2 Å². The van der Waals surface area contributed by atoms with Gasteiger partial charge in [-0.25, -0.2) is 4.98 Å². The molecule has 4 rings (SSSR count). The van der Waals surface area contributed by atoms with E-state index in [9.17, 15) is 9.59 Å². The SMILES string of the molecule is Nc1nc(Cc2ccc3c(c2)CCNC3=O)nc2c1C(=O)NCCO2. The highest BCUT2D eigenvalue weighted by Gasteiger charge is 2.23. The van der Waals surface area contributed by atoms with Crippen LogP contribution in [0.15, 0.2) is 18.2 Å². The zero-order chi connectivity index (χ0) is 17.4. The Morgan fingerprint density at radius 3 is 2.84 bits per heavy atom. The highest BCUT2D eigenvalue weighted by atomic mass is 16.5. The Morgan fingerprint density at radius 1 is 1.12 bits per heavy atom. The number of carbonyl (C=O) groups is 2. The summed E-state index contributed by atoms with van der Waals surface area (Å²) < 4.78 is 5.52. The molecule has 2 amide bonds. The van der Waals surface area contributed by atoms with Gasteiger partial charge in [-0.1, -0.05) is 12.1 Å². The van der Waals surface area contributed by atoms with Gasteiger partial charge in [0.15, 0.2) is 0 Å². The van der Waals surface area contributed by atoms with Crippen molar-refractivity contribution in [2.45, 2.75) is 12.8 Å². The summed E-state index contributed by atoms with van der Waals surface area (Å²) in [5.74, 6) is 0.437. The molecule has 25 heavy (non-hydrogen) atoms. The average molecular weight is 339 g/mol. The molecule has 8 nitrogen and oxygen atoms in total.